The summed E-state index contributed by atoms with van der Waals surface area (Å²) in [5.74, 6) is 0.0751. The van der Waals surface area contributed by atoms with E-state index in [1.54, 1.807) is 0 Å². The lowest BCUT2D eigenvalue weighted by Crippen LogP contribution is -2.01. The first kappa shape index (κ1) is 11.9. The monoisotopic (exact) mass is 267 g/mol. The molecule has 2 nitrogen and oxygen atoms in total. The van der Waals surface area contributed by atoms with E-state index in [2.05, 4.69) is 5.32 Å². The Hall–Kier alpha value is -2.13. The van der Waals surface area contributed by atoms with Gasteiger partial charge in [0.15, 0.2) is 0 Å². The number of thiophene rings is 1. The number of anilines is 1. The maximum absolute atomic E-state index is 12.6. The van der Waals surface area contributed by atoms with Crippen molar-refractivity contribution in [3.63, 3.8) is 0 Å². The Bertz CT molecular complexity index is 731. The van der Waals surface area contributed by atoms with E-state index in [1.807, 2.05) is 61.6 Å². The van der Waals surface area contributed by atoms with Crippen LogP contribution in [0.4, 0.5) is 5.69 Å². The Morgan fingerprint density at radius 2 is 1.68 bits per heavy atom. The molecule has 0 radical (unpaired) electrons. The van der Waals surface area contributed by atoms with Gasteiger partial charge in [0.05, 0.1) is 10.6 Å². The normalized spacial score (nSPS) is 10.6. The number of fused-ring (bicyclic) bond motifs is 1. The first-order valence-electron chi connectivity index (χ1n) is 6.10. The third kappa shape index (κ3) is 2.02. The summed E-state index contributed by atoms with van der Waals surface area (Å²) in [6.07, 6.45) is 0. The molecule has 0 bridgehead atoms. The van der Waals surface area contributed by atoms with Crippen molar-refractivity contribution in [3.8, 4) is 0 Å². The van der Waals surface area contributed by atoms with Crippen LogP contribution in [-0.4, -0.2) is 12.8 Å². The number of rotatable bonds is 3. The summed E-state index contributed by atoms with van der Waals surface area (Å²) in [6.45, 7) is 0. The van der Waals surface area contributed by atoms with Gasteiger partial charge in [-0.1, -0.05) is 48.5 Å². The second kappa shape index (κ2) is 4.86. The second-order valence-corrected chi connectivity index (χ2v) is 5.30. The molecule has 0 amide bonds. The number of hydrogen-bond acceptors (Lipinski definition) is 3. The SMILES string of the molecule is CNc1c(C(=O)c2ccccc2)sc2ccccc12. The molecule has 2 aromatic carbocycles. The van der Waals surface area contributed by atoms with Crippen LogP contribution in [0, 0.1) is 0 Å². The lowest BCUT2D eigenvalue weighted by Gasteiger charge is -2.03. The molecular weight excluding hydrogens is 254 g/mol. The highest BCUT2D eigenvalue weighted by atomic mass is 32.1. The summed E-state index contributed by atoms with van der Waals surface area (Å²) >= 11 is 1.54. The standard InChI is InChI=1S/C16H13NOS/c1-17-14-12-9-5-6-10-13(12)19-16(14)15(18)11-7-3-2-4-8-11/h2-10,17H,1H3. The van der Waals surface area contributed by atoms with Gasteiger partial charge in [-0.05, 0) is 6.07 Å². The summed E-state index contributed by atoms with van der Waals surface area (Å²) in [6, 6.07) is 17.5. The van der Waals surface area contributed by atoms with Gasteiger partial charge in [0, 0.05) is 22.7 Å². The van der Waals surface area contributed by atoms with Crippen LogP contribution < -0.4 is 5.32 Å². The quantitative estimate of drug-likeness (QED) is 0.721. The van der Waals surface area contributed by atoms with Crippen LogP contribution in [0.3, 0.4) is 0 Å². The molecule has 1 heterocycles. The molecule has 0 aliphatic heterocycles. The third-order valence-corrected chi connectivity index (χ3v) is 4.26. The van der Waals surface area contributed by atoms with Crippen LogP contribution in [0.1, 0.15) is 15.2 Å². The Morgan fingerprint density at radius 3 is 2.42 bits per heavy atom. The maximum Gasteiger partial charge on any atom is 0.205 e. The highest BCUT2D eigenvalue weighted by Crippen LogP contribution is 2.36. The molecule has 1 N–H and O–H groups in total. The van der Waals surface area contributed by atoms with E-state index >= 15 is 0 Å². The largest absolute Gasteiger partial charge is 0.386 e. The first-order chi connectivity index (χ1) is 9.31. The summed E-state index contributed by atoms with van der Waals surface area (Å²) in [7, 11) is 1.86. The average molecular weight is 267 g/mol. The molecule has 3 aromatic rings. The van der Waals surface area contributed by atoms with E-state index in [0.29, 0.717) is 0 Å². The van der Waals surface area contributed by atoms with Crippen molar-refractivity contribution in [2.24, 2.45) is 0 Å². The van der Waals surface area contributed by atoms with Gasteiger partial charge in [-0.3, -0.25) is 4.79 Å². The van der Waals surface area contributed by atoms with E-state index in [-0.39, 0.29) is 5.78 Å². The molecule has 0 spiro atoms. The number of nitrogens with one attached hydrogen (secondary N) is 1. The highest BCUT2D eigenvalue weighted by Gasteiger charge is 2.18. The minimum Gasteiger partial charge on any atom is -0.386 e. The van der Waals surface area contributed by atoms with E-state index < -0.39 is 0 Å². The second-order valence-electron chi connectivity index (χ2n) is 4.25. The zero-order valence-electron chi connectivity index (χ0n) is 10.5. The Labute approximate surface area is 115 Å². The minimum absolute atomic E-state index is 0.0751. The molecule has 0 aliphatic carbocycles. The van der Waals surface area contributed by atoms with Gasteiger partial charge in [-0.15, -0.1) is 11.3 Å². The predicted octanol–water partition coefficient (Wildman–Crippen LogP) is 4.17. The number of carbonyl (C=O) groups excluding carboxylic acids is 1. The van der Waals surface area contributed by atoms with Gasteiger partial charge in [-0.25, -0.2) is 0 Å². The van der Waals surface area contributed by atoms with Crippen molar-refractivity contribution in [1.29, 1.82) is 0 Å². The van der Waals surface area contributed by atoms with E-state index in [9.17, 15) is 4.79 Å². The summed E-state index contributed by atoms with van der Waals surface area (Å²) < 4.78 is 1.13. The molecule has 0 aliphatic rings. The molecule has 3 heteroatoms. The fraction of sp³-hybridized carbons (Fsp3) is 0.0625. The first-order valence-corrected chi connectivity index (χ1v) is 6.92. The van der Waals surface area contributed by atoms with Crippen LogP contribution in [0.25, 0.3) is 10.1 Å². The molecule has 3 rings (SSSR count). The zero-order valence-corrected chi connectivity index (χ0v) is 11.3. The van der Waals surface area contributed by atoms with Crippen LogP contribution in [0.5, 0.6) is 0 Å². The van der Waals surface area contributed by atoms with Crippen LogP contribution >= 0.6 is 11.3 Å². The van der Waals surface area contributed by atoms with Gasteiger partial charge in [0.2, 0.25) is 5.78 Å². The molecular formula is C16H13NOS. The van der Waals surface area contributed by atoms with Crippen molar-refractivity contribution in [2.75, 3.05) is 12.4 Å². The van der Waals surface area contributed by atoms with E-state index in [0.717, 1.165) is 26.2 Å². The van der Waals surface area contributed by atoms with E-state index in [1.165, 1.54) is 11.3 Å². The topological polar surface area (TPSA) is 29.1 Å². The molecule has 94 valence electrons. The fourth-order valence-electron chi connectivity index (χ4n) is 2.17. The van der Waals surface area contributed by atoms with Crippen molar-refractivity contribution in [2.45, 2.75) is 0 Å². The van der Waals surface area contributed by atoms with Gasteiger partial charge in [-0.2, -0.15) is 0 Å². The van der Waals surface area contributed by atoms with Crippen LogP contribution in [0.2, 0.25) is 0 Å². The van der Waals surface area contributed by atoms with E-state index in [4.69, 9.17) is 0 Å². The number of hydrogen-bond donors (Lipinski definition) is 1. The number of benzene rings is 2. The van der Waals surface area contributed by atoms with Gasteiger partial charge in [0.1, 0.15) is 0 Å². The molecule has 19 heavy (non-hydrogen) atoms. The Kier molecular flexibility index (Phi) is 3.05. The summed E-state index contributed by atoms with van der Waals surface area (Å²) in [5.41, 5.74) is 1.65. The minimum atomic E-state index is 0.0751. The van der Waals surface area contributed by atoms with Gasteiger partial charge < -0.3 is 5.32 Å². The third-order valence-electron chi connectivity index (χ3n) is 3.09. The summed E-state index contributed by atoms with van der Waals surface area (Å²) in [4.78, 5) is 13.3. The number of carbonyl (C=O) groups is 1. The average Bonchev–Trinajstić information content (AvgIpc) is 2.85. The zero-order chi connectivity index (χ0) is 13.2. The Balaban J connectivity index is 2.17. The molecule has 0 unspecified atom stereocenters. The molecule has 1 aromatic heterocycles. The molecule has 0 atom stereocenters. The van der Waals surface area contributed by atoms with Crippen molar-refractivity contribution in [3.05, 3.63) is 65.0 Å². The molecule has 0 saturated carbocycles. The lowest BCUT2D eigenvalue weighted by molar-refractivity contribution is 0.104. The van der Waals surface area contributed by atoms with Gasteiger partial charge in [0.25, 0.3) is 0 Å². The van der Waals surface area contributed by atoms with Crippen molar-refractivity contribution >= 4 is 32.9 Å². The fourth-order valence-corrected chi connectivity index (χ4v) is 3.35. The molecule has 0 fully saturated rings. The van der Waals surface area contributed by atoms with Crippen LogP contribution in [-0.2, 0) is 0 Å². The highest BCUT2D eigenvalue weighted by molar-refractivity contribution is 7.21. The van der Waals surface area contributed by atoms with Crippen molar-refractivity contribution < 1.29 is 4.79 Å². The Morgan fingerprint density at radius 1 is 1.00 bits per heavy atom. The lowest BCUT2D eigenvalue weighted by atomic mass is 10.1. The number of ketones is 1. The van der Waals surface area contributed by atoms with Crippen molar-refractivity contribution in [1.82, 2.24) is 0 Å². The summed E-state index contributed by atoms with van der Waals surface area (Å²) in [5, 5.41) is 4.26. The smallest absolute Gasteiger partial charge is 0.205 e. The van der Waals surface area contributed by atoms with Crippen LogP contribution in [0.15, 0.2) is 54.6 Å². The molecule has 0 saturated heterocycles. The predicted molar refractivity (Wildman–Crippen MR) is 81.2 cm³/mol. The van der Waals surface area contributed by atoms with Gasteiger partial charge >= 0.3 is 0 Å². The maximum atomic E-state index is 12.6.